The van der Waals surface area contributed by atoms with Gasteiger partial charge in [-0.1, -0.05) is 6.92 Å². The third-order valence-corrected chi connectivity index (χ3v) is 4.28. The van der Waals surface area contributed by atoms with Crippen LogP contribution in [-0.2, 0) is 9.59 Å². The van der Waals surface area contributed by atoms with Crippen LogP contribution >= 0.6 is 12.4 Å². The van der Waals surface area contributed by atoms with Gasteiger partial charge in [0, 0.05) is 19.5 Å². The number of piperidine rings is 2. The van der Waals surface area contributed by atoms with Crippen molar-refractivity contribution in [3.8, 4) is 0 Å². The first-order chi connectivity index (χ1) is 9.09. The van der Waals surface area contributed by atoms with Gasteiger partial charge in [-0.3, -0.25) is 9.59 Å². The lowest BCUT2D eigenvalue weighted by Gasteiger charge is -2.34. The monoisotopic (exact) mass is 303 g/mol. The first-order valence-corrected chi connectivity index (χ1v) is 7.34. The predicted octanol–water partition coefficient (Wildman–Crippen LogP) is 0.927. The maximum atomic E-state index is 11.9. The number of nitrogens with zero attached hydrogens (tertiary/aromatic N) is 1. The number of nitrogens with one attached hydrogen (secondary N) is 2. The highest BCUT2D eigenvalue weighted by molar-refractivity contribution is 5.85. The van der Waals surface area contributed by atoms with Gasteiger partial charge in [-0.15, -0.1) is 12.4 Å². The van der Waals surface area contributed by atoms with Gasteiger partial charge in [0.05, 0.1) is 6.54 Å². The van der Waals surface area contributed by atoms with Crippen LogP contribution in [0.4, 0.5) is 0 Å². The topological polar surface area (TPSA) is 61.4 Å². The Kier molecular flexibility index (Phi) is 6.76. The van der Waals surface area contributed by atoms with Crippen LogP contribution in [-0.4, -0.2) is 49.4 Å². The summed E-state index contributed by atoms with van der Waals surface area (Å²) in [7, 11) is 0. The largest absolute Gasteiger partial charge is 0.354 e. The second kappa shape index (κ2) is 7.84. The van der Waals surface area contributed by atoms with E-state index in [0.717, 1.165) is 51.9 Å². The Hall–Kier alpha value is -0.810. The van der Waals surface area contributed by atoms with Crippen molar-refractivity contribution in [1.82, 2.24) is 15.5 Å². The summed E-state index contributed by atoms with van der Waals surface area (Å²) in [5.74, 6) is 0.101. The van der Waals surface area contributed by atoms with Crippen LogP contribution in [0.3, 0.4) is 0 Å². The van der Waals surface area contributed by atoms with Crippen LogP contribution in [0.1, 0.15) is 39.0 Å². The molecule has 0 aromatic heterocycles. The average molecular weight is 304 g/mol. The minimum atomic E-state index is -0.0185. The van der Waals surface area contributed by atoms with Crippen molar-refractivity contribution < 1.29 is 9.59 Å². The fraction of sp³-hybridized carbons (Fsp3) is 0.857. The Labute approximate surface area is 127 Å². The van der Waals surface area contributed by atoms with Gasteiger partial charge in [-0.25, -0.2) is 0 Å². The molecular weight excluding hydrogens is 278 g/mol. The van der Waals surface area contributed by atoms with Crippen LogP contribution in [0.25, 0.3) is 0 Å². The Bertz CT molecular complexity index is 343. The van der Waals surface area contributed by atoms with Crippen molar-refractivity contribution in [3.63, 3.8) is 0 Å². The number of hydrogen-bond acceptors (Lipinski definition) is 3. The number of likely N-dealkylation sites (tertiary alicyclic amines) is 1. The molecule has 0 aliphatic carbocycles. The molecule has 2 aliphatic heterocycles. The zero-order chi connectivity index (χ0) is 13.7. The minimum Gasteiger partial charge on any atom is -0.354 e. The molecule has 0 spiro atoms. The van der Waals surface area contributed by atoms with Gasteiger partial charge in [0.2, 0.25) is 11.8 Å². The van der Waals surface area contributed by atoms with Crippen LogP contribution < -0.4 is 10.6 Å². The molecule has 2 fully saturated rings. The smallest absolute Gasteiger partial charge is 0.239 e. The normalized spacial score (nSPS) is 22.1. The lowest BCUT2D eigenvalue weighted by Crippen LogP contribution is -2.47. The van der Waals surface area contributed by atoms with Crippen molar-refractivity contribution in [2.75, 3.05) is 32.7 Å². The molecule has 116 valence electrons. The molecule has 0 aromatic rings. The zero-order valence-corrected chi connectivity index (χ0v) is 13.1. The Balaban J connectivity index is 0.00000200. The van der Waals surface area contributed by atoms with Crippen molar-refractivity contribution >= 4 is 24.2 Å². The fourth-order valence-corrected chi connectivity index (χ4v) is 2.78. The van der Waals surface area contributed by atoms with E-state index < -0.39 is 0 Å². The van der Waals surface area contributed by atoms with Gasteiger partial charge < -0.3 is 15.5 Å². The van der Waals surface area contributed by atoms with E-state index in [1.165, 1.54) is 0 Å². The molecule has 0 saturated carbocycles. The molecule has 2 heterocycles. The molecule has 0 atom stereocenters. The van der Waals surface area contributed by atoms with E-state index in [0.29, 0.717) is 6.42 Å². The summed E-state index contributed by atoms with van der Waals surface area (Å²) in [4.78, 5) is 25.2. The van der Waals surface area contributed by atoms with Gasteiger partial charge in [-0.05, 0) is 44.2 Å². The van der Waals surface area contributed by atoms with E-state index in [-0.39, 0.29) is 36.2 Å². The highest BCUT2D eigenvalue weighted by atomic mass is 35.5. The van der Waals surface area contributed by atoms with Crippen LogP contribution in [0, 0.1) is 5.41 Å². The molecule has 2 amide bonds. The molecule has 20 heavy (non-hydrogen) atoms. The van der Waals surface area contributed by atoms with E-state index in [4.69, 9.17) is 0 Å². The third-order valence-electron chi connectivity index (χ3n) is 4.28. The Morgan fingerprint density at radius 3 is 2.70 bits per heavy atom. The van der Waals surface area contributed by atoms with Gasteiger partial charge >= 0.3 is 0 Å². The molecule has 0 bridgehead atoms. The maximum absolute atomic E-state index is 11.9. The SMILES string of the molecule is CC1(CNC(=O)CN2CCCCC2=O)CCNCC1.Cl. The van der Waals surface area contributed by atoms with Crippen molar-refractivity contribution in [2.24, 2.45) is 5.41 Å². The van der Waals surface area contributed by atoms with Crippen LogP contribution in [0.5, 0.6) is 0 Å². The van der Waals surface area contributed by atoms with E-state index in [9.17, 15) is 9.59 Å². The fourth-order valence-electron chi connectivity index (χ4n) is 2.78. The zero-order valence-electron chi connectivity index (χ0n) is 12.2. The Morgan fingerprint density at radius 2 is 2.05 bits per heavy atom. The quantitative estimate of drug-likeness (QED) is 0.812. The molecule has 5 nitrogen and oxygen atoms in total. The maximum Gasteiger partial charge on any atom is 0.239 e. The summed E-state index contributed by atoms with van der Waals surface area (Å²) < 4.78 is 0. The van der Waals surface area contributed by atoms with E-state index in [1.54, 1.807) is 4.90 Å². The number of carbonyl (C=O) groups is 2. The van der Waals surface area contributed by atoms with Crippen LogP contribution in [0.2, 0.25) is 0 Å². The summed E-state index contributed by atoms with van der Waals surface area (Å²) in [5, 5.41) is 6.33. The summed E-state index contributed by atoms with van der Waals surface area (Å²) in [6.07, 6.45) is 4.76. The highest BCUT2D eigenvalue weighted by Crippen LogP contribution is 2.26. The van der Waals surface area contributed by atoms with Gasteiger partial charge in [0.15, 0.2) is 0 Å². The second-order valence-electron chi connectivity index (χ2n) is 6.11. The molecule has 0 unspecified atom stereocenters. The van der Waals surface area contributed by atoms with Crippen molar-refractivity contribution in [1.29, 1.82) is 0 Å². The molecule has 2 N–H and O–H groups in total. The number of rotatable bonds is 4. The summed E-state index contributed by atoms with van der Waals surface area (Å²) >= 11 is 0. The van der Waals surface area contributed by atoms with E-state index in [2.05, 4.69) is 17.6 Å². The number of amides is 2. The van der Waals surface area contributed by atoms with Crippen molar-refractivity contribution in [3.05, 3.63) is 0 Å². The lowest BCUT2D eigenvalue weighted by molar-refractivity contribution is -0.137. The highest BCUT2D eigenvalue weighted by Gasteiger charge is 2.27. The lowest BCUT2D eigenvalue weighted by atomic mass is 9.81. The molecular formula is C14H26ClN3O2. The molecule has 0 aromatic carbocycles. The van der Waals surface area contributed by atoms with Crippen LogP contribution in [0.15, 0.2) is 0 Å². The molecule has 2 saturated heterocycles. The van der Waals surface area contributed by atoms with E-state index in [1.807, 2.05) is 0 Å². The van der Waals surface area contributed by atoms with Crippen molar-refractivity contribution in [2.45, 2.75) is 39.0 Å². The molecule has 2 aliphatic rings. The third kappa shape index (κ3) is 4.94. The number of carbonyl (C=O) groups excluding carboxylic acids is 2. The second-order valence-corrected chi connectivity index (χ2v) is 6.11. The molecule has 0 radical (unpaired) electrons. The molecule has 6 heteroatoms. The van der Waals surface area contributed by atoms with Gasteiger partial charge in [-0.2, -0.15) is 0 Å². The standard InChI is InChI=1S/C14H25N3O2.ClH/c1-14(5-7-15-8-6-14)11-16-12(18)10-17-9-3-2-4-13(17)19;/h15H,2-11H2,1H3,(H,16,18);1H. The first-order valence-electron chi connectivity index (χ1n) is 7.34. The average Bonchev–Trinajstić information content (AvgIpc) is 2.40. The number of halogens is 1. The molecule has 2 rings (SSSR count). The van der Waals surface area contributed by atoms with E-state index >= 15 is 0 Å². The summed E-state index contributed by atoms with van der Waals surface area (Å²) in [6.45, 7) is 5.95. The summed E-state index contributed by atoms with van der Waals surface area (Å²) in [5.41, 5.74) is 0.201. The number of hydrogen-bond donors (Lipinski definition) is 2. The van der Waals surface area contributed by atoms with Gasteiger partial charge in [0.25, 0.3) is 0 Å². The summed E-state index contributed by atoms with van der Waals surface area (Å²) in [6, 6.07) is 0. The predicted molar refractivity (Wildman–Crippen MR) is 80.9 cm³/mol. The van der Waals surface area contributed by atoms with Gasteiger partial charge in [0.1, 0.15) is 0 Å². The first kappa shape index (κ1) is 17.2. The minimum absolute atomic E-state index is 0. The Morgan fingerprint density at radius 1 is 1.35 bits per heavy atom.